The van der Waals surface area contributed by atoms with Crippen LogP contribution in [0.5, 0.6) is 0 Å². The largest absolute Gasteiger partial charge is 0.395 e. The number of halogens is 2. The molecule has 0 bridgehead atoms. The second-order valence-electron chi connectivity index (χ2n) is 6.14. The zero-order valence-corrected chi connectivity index (χ0v) is 14.6. The first-order valence-electron chi connectivity index (χ1n) is 7.95. The number of benzene rings is 2. The van der Waals surface area contributed by atoms with Gasteiger partial charge in [0, 0.05) is 28.5 Å². The van der Waals surface area contributed by atoms with Gasteiger partial charge >= 0.3 is 0 Å². The van der Waals surface area contributed by atoms with Crippen molar-refractivity contribution in [3.8, 4) is 0 Å². The molecule has 3 rings (SSSR count). The van der Waals surface area contributed by atoms with Gasteiger partial charge in [-0.15, -0.1) is 0 Å². The number of Topliss-reactive ketones (excluding diaryl/α,β-unsaturated/α-hetero) is 1. The van der Waals surface area contributed by atoms with Crippen LogP contribution in [0.25, 0.3) is 0 Å². The third-order valence-electron chi connectivity index (χ3n) is 4.91. The van der Waals surface area contributed by atoms with Gasteiger partial charge in [0.2, 0.25) is 0 Å². The molecule has 3 nitrogen and oxygen atoms in total. The molecule has 0 spiro atoms. The lowest BCUT2D eigenvalue weighted by atomic mass is 9.64. The summed E-state index contributed by atoms with van der Waals surface area (Å²) < 4.78 is 0. The van der Waals surface area contributed by atoms with Crippen LogP contribution in [0.4, 0.5) is 0 Å². The number of nitrogens with one attached hydrogen (secondary N) is 1. The average molecular weight is 364 g/mol. The molecule has 0 saturated carbocycles. The van der Waals surface area contributed by atoms with E-state index in [9.17, 15) is 9.90 Å². The van der Waals surface area contributed by atoms with E-state index in [1.54, 1.807) is 30.3 Å². The van der Waals surface area contributed by atoms with Crippen LogP contribution in [-0.2, 0) is 5.41 Å². The van der Waals surface area contributed by atoms with E-state index < -0.39 is 11.3 Å². The van der Waals surface area contributed by atoms with Gasteiger partial charge in [-0.2, -0.15) is 0 Å². The molecule has 5 heteroatoms. The number of piperidine rings is 1. The molecule has 2 atom stereocenters. The number of hydrogen-bond donors (Lipinski definition) is 2. The maximum atomic E-state index is 13.2. The van der Waals surface area contributed by atoms with E-state index >= 15 is 0 Å². The molecule has 0 aliphatic carbocycles. The Morgan fingerprint density at radius 3 is 2.46 bits per heavy atom. The molecule has 126 valence electrons. The van der Waals surface area contributed by atoms with Gasteiger partial charge in [-0.05, 0) is 36.7 Å². The normalized spacial score (nSPS) is 23.9. The number of ketones is 1. The van der Waals surface area contributed by atoms with Gasteiger partial charge in [0.05, 0.1) is 11.6 Å². The van der Waals surface area contributed by atoms with Gasteiger partial charge in [0.15, 0.2) is 5.78 Å². The first-order valence-corrected chi connectivity index (χ1v) is 8.71. The minimum Gasteiger partial charge on any atom is -0.395 e. The second kappa shape index (κ2) is 7.24. The number of hydrogen-bond acceptors (Lipinski definition) is 3. The van der Waals surface area contributed by atoms with Crippen LogP contribution in [0.15, 0.2) is 48.5 Å². The highest BCUT2D eigenvalue weighted by atomic mass is 35.5. The molecule has 2 aromatic rings. The van der Waals surface area contributed by atoms with E-state index in [1.165, 1.54) is 0 Å². The van der Waals surface area contributed by atoms with Crippen molar-refractivity contribution in [2.75, 3.05) is 19.7 Å². The highest BCUT2D eigenvalue weighted by Crippen LogP contribution is 2.42. The predicted molar refractivity (Wildman–Crippen MR) is 97.0 cm³/mol. The Bertz CT molecular complexity index is 750. The van der Waals surface area contributed by atoms with Crippen LogP contribution >= 0.6 is 23.2 Å². The van der Waals surface area contributed by atoms with Crippen molar-refractivity contribution >= 4 is 29.0 Å². The molecule has 1 aliphatic heterocycles. The van der Waals surface area contributed by atoms with Crippen molar-refractivity contribution in [2.24, 2.45) is 5.92 Å². The Labute approximate surface area is 151 Å². The van der Waals surface area contributed by atoms with Crippen molar-refractivity contribution in [2.45, 2.75) is 11.8 Å². The zero-order chi connectivity index (χ0) is 17.2. The summed E-state index contributed by atoms with van der Waals surface area (Å²) in [5, 5.41) is 14.6. The van der Waals surface area contributed by atoms with Gasteiger partial charge in [0.1, 0.15) is 0 Å². The lowest BCUT2D eigenvalue weighted by Crippen LogP contribution is -2.53. The summed E-state index contributed by atoms with van der Waals surface area (Å²) >= 11 is 12.6. The fourth-order valence-corrected chi connectivity index (χ4v) is 4.13. The molecular formula is C19H19Cl2NO2. The fourth-order valence-electron chi connectivity index (χ4n) is 3.58. The monoisotopic (exact) mass is 363 g/mol. The Hall–Kier alpha value is -1.39. The van der Waals surface area contributed by atoms with Gasteiger partial charge in [-0.1, -0.05) is 53.5 Å². The summed E-state index contributed by atoms with van der Waals surface area (Å²) in [4.78, 5) is 13.2. The minimum atomic E-state index is -0.708. The zero-order valence-electron chi connectivity index (χ0n) is 13.1. The molecule has 1 heterocycles. The number of aliphatic hydroxyl groups excluding tert-OH is 1. The Balaban J connectivity index is 2.09. The quantitative estimate of drug-likeness (QED) is 0.813. The molecule has 2 aromatic carbocycles. The summed E-state index contributed by atoms with van der Waals surface area (Å²) in [5.74, 6) is -0.502. The van der Waals surface area contributed by atoms with E-state index in [-0.39, 0.29) is 12.4 Å². The first-order chi connectivity index (χ1) is 11.6. The number of rotatable bonds is 4. The molecular weight excluding hydrogens is 345 g/mol. The highest BCUT2D eigenvalue weighted by molar-refractivity contribution is 6.34. The molecule has 24 heavy (non-hydrogen) atoms. The molecule has 0 radical (unpaired) electrons. The van der Waals surface area contributed by atoms with Crippen LogP contribution in [0, 0.1) is 5.92 Å². The SMILES string of the molecule is O=C(c1ccccc1Cl)C1CNCCC1(CO)c1ccccc1Cl. The fraction of sp³-hybridized carbons (Fsp3) is 0.316. The van der Waals surface area contributed by atoms with E-state index in [4.69, 9.17) is 23.2 Å². The standard InChI is InChI=1S/C19H19Cl2NO2/c20-16-7-3-1-5-13(16)18(24)15-11-22-10-9-19(15,12-23)14-6-2-4-8-17(14)21/h1-8,15,22-23H,9-12H2. The Morgan fingerprint density at radius 1 is 1.12 bits per heavy atom. The number of carbonyl (C=O) groups is 1. The van der Waals surface area contributed by atoms with Gasteiger partial charge in [-0.25, -0.2) is 0 Å². The summed E-state index contributed by atoms with van der Waals surface area (Å²) in [6.07, 6.45) is 0.633. The molecule has 2 unspecified atom stereocenters. The van der Waals surface area contributed by atoms with Crippen LogP contribution in [0.1, 0.15) is 22.3 Å². The first kappa shape index (κ1) is 17.4. The lowest BCUT2D eigenvalue weighted by Gasteiger charge is -2.43. The Kier molecular flexibility index (Phi) is 5.26. The van der Waals surface area contributed by atoms with Crippen molar-refractivity contribution < 1.29 is 9.90 Å². The predicted octanol–water partition coefficient (Wildman–Crippen LogP) is 3.72. The van der Waals surface area contributed by atoms with Crippen LogP contribution in [0.2, 0.25) is 10.0 Å². The maximum absolute atomic E-state index is 13.2. The van der Waals surface area contributed by atoms with Crippen molar-refractivity contribution in [1.29, 1.82) is 0 Å². The van der Waals surface area contributed by atoms with E-state index in [1.807, 2.05) is 18.2 Å². The van der Waals surface area contributed by atoms with E-state index in [2.05, 4.69) is 5.32 Å². The van der Waals surface area contributed by atoms with Gasteiger partial charge in [-0.3, -0.25) is 4.79 Å². The van der Waals surface area contributed by atoms with Gasteiger partial charge in [0.25, 0.3) is 0 Å². The lowest BCUT2D eigenvalue weighted by molar-refractivity contribution is 0.0658. The minimum absolute atomic E-state index is 0.0678. The number of carbonyl (C=O) groups excluding carboxylic acids is 1. The number of aliphatic hydroxyl groups is 1. The average Bonchev–Trinajstić information content (AvgIpc) is 2.62. The summed E-state index contributed by atoms with van der Waals surface area (Å²) in [5.41, 5.74) is 0.596. The summed E-state index contributed by atoms with van der Waals surface area (Å²) in [6, 6.07) is 14.5. The van der Waals surface area contributed by atoms with Gasteiger partial charge < -0.3 is 10.4 Å². The summed E-state index contributed by atoms with van der Waals surface area (Å²) in [7, 11) is 0. The van der Waals surface area contributed by atoms with Crippen LogP contribution in [-0.4, -0.2) is 30.6 Å². The van der Waals surface area contributed by atoms with Crippen molar-refractivity contribution in [1.82, 2.24) is 5.32 Å². The third-order valence-corrected chi connectivity index (χ3v) is 5.57. The highest BCUT2D eigenvalue weighted by Gasteiger charge is 2.47. The van der Waals surface area contributed by atoms with Crippen LogP contribution in [0.3, 0.4) is 0 Å². The molecule has 2 N–H and O–H groups in total. The summed E-state index contributed by atoms with van der Waals surface area (Å²) in [6.45, 7) is 1.06. The molecule has 1 aliphatic rings. The third kappa shape index (κ3) is 2.98. The second-order valence-corrected chi connectivity index (χ2v) is 6.96. The van der Waals surface area contributed by atoms with E-state index in [0.29, 0.717) is 28.6 Å². The molecule has 0 amide bonds. The van der Waals surface area contributed by atoms with Crippen molar-refractivity contribution in [3.05, 3.63) is 69.7 Å². The molecule has 1 saturated heterocycles. The Morgan fingerprint density at radius 2 is 1.79 bits per heavy atom. The van der Waals surface area contributed by atoms with Crippen LogP contribution < -0.4 is 5.32 Å². The topological polar surface area (TPSA) is 49.3 Å². The van der Waals surface area contributed by atoms with E-state index in [0.717, 1.165) is 12.1 Å². The molecule has 0 aromatic heterocycles. The molecule has 1 fully saturated rings. The van der Waals surface area contributed by atoms with Crippen molar-refractivity contribution in [3.63, 3.8) is 0 Å². The maximum Gasteiger partial charge on any atom is 0.169 e. The smallest absolute Gasteiger partial charge is 0.169 e.